The summed E-state index contributed by atoms with van der Waals surface area (Å²) < 4.78 is 20.7. The van der Waals surface area contributed by atoms with Crippen LogP contribution in [-0.2, 0) is 9.09 Å². The molecule has 0 aliphatic rings. The van der Waals surface area contributed by atoms with Crippen molar-refractivity contribution in [3.63, 3.8) is 0 Å². The highest BCUT2D eigenvalue weighted by molar-refractivity contribution is 7.68. The molecule has 0 radical (unpaired) electrons. The highest BCUT2D eigenvalue weighted by atomic mass is 32.1. The lowest BCUT2D eigenvalue weighted by atomic mass is 10.1. The lowest BCUT2D eigenvalue weighted by molar-refractivity contribution is 0.0703. The molecule has 0 fully saturated rings. The first-order valence-corrected chi connectivity index (χ1v) is 14.0. The maximum Gasteiger partial charge on any atom is 0.349 e. The largest absolute Gasteiger partial charge is 0.477 e. The first kappa shape index (κ1) is 25.6. The summed E-state index contributed by atoms with van der Waals surface area (Å²) in [6.07, 6.45) is 0. The number of aromatic carboxylic acids is 1. The summed E-state index contributed by atoms with van der Waals surface area (Å²) in [5.74, 6) is -0.696. The van der Waals surface area contributed by atoms with Gasteiger partial charge in [-0.05, 0) is 32.4 Å². The molecule has 0 saturated carbocycles. The number of carboxylic acid groups (broad SMARTS) is 1. The maximum absolute atomic E-state index is 13.7. The van der Waals surface area contributed by atoms with Crippen molar-refractivity contribution in [1.82, 2.24) is 19.6 Å². The van der Waals surface area contributed by atoms with Crippen LogP contribution in [0.2, 0.25) is 0 Å². The van der Waals surface area contributed by atoms with E-state index < -0.39 is 13.5 Å². The Morgan fingerprint density at radius 2 is 1.76 bits per heavy atom. The van der Waals surface area contributed by atoms with E-state index in [1.54, 1.807) is 16.6 Å². The molecule has 0 amide bonds. The van der Waals surface area contributed by atoms with E-state index in [2.05, 4.69) is 20.2 Å². The molecule has 0 saturated heterocycles. The van der Waals surface area contributed by atoms with Gasteiger partial charge in [-0.3, -0.25) is 9.65 Å². The van der Waals surface area contributed by atoms with Gasteiger partial charge in [0.1, 0.15) is 10.8 Å². The molecule has 5 rings (SSSR count). The number of aryl methyl sites for hydroxylation is 3. The average molecular weight is 549 g/mol. The molecule has 38 heavy (non-hydrogen) atoms. The van der Waals surface area contributed by atoms with Crippen molar-refractivity contribution in [2.75, 3.05) is 17.9 Å². The van der Waals surface area contributed by atoms with Gasteiger partial charge in [0, 0.05) is 36.1 Å². The number of thiazole rings is 1. The highest BCUT2D eigenvalue weighted by Gasteiger charge is 2.31. The van der Waals surface area contributed by atoms with Crippen LogP contribution in [0.15, 0.2) is 54.6 Å². The van der Waals surface area contributed by atoms with Crippen molar-refractivity contribution in [2.45, 2.75) is 20.8 Å². The van der Waals surface area contributed by atoms with Crippen molar-refractivity contribution in [1.29, 1.82) is 0 Å². The van der Waals surface area contributed by atoms with Gasteiger partial charge in [-0.25, -0.2) is 14.8 Å². The minimum atomic E-state index is -3.64. The monoisotopic (exact) mass is 548 g/mol. The van der Waals surface area contributed by atoms with Crippen molar-refractivity contribution >= 4 is 47.4 Å². The first-order valence-electron chi connectivity index (χ1n) is 11.6. The van der Waals surface area contributed by atoms with Crippen LogP contribution in [0.1, 0.15) is 26.5 Å². The fourth-order valence-electron chi connectivity index (χ4n) is 4.20. The SMILES string of the molecule is COP(=O)(Nc1nc(-c2ccc(-c3cc4nc(C)cc(N)n4n3)cc2)sc1C(=O)O)c1ccc(C)cc1C. The summed E-state index contributed by atoms with van der Waals surface area (Å²) in [4.78, 5) is 20.9. The van der Waals surface area contributed by atoms with Gasteiger partial charge >= 0.3 is 13.5 Å². The molecule has 0 aliphatic carbocycles. The minimum absolute atomic E-state index is 0.0102. The fraction of sp³-hybridized carbons (Fsp3) is 0.154. The van der Waals surface area contributed by atoms with E-state index in [4.69, 9.17) is 10.3 Å². The maximum atomic E-state index is 13.7. The first-order chi connectivity index (χ1) is 18.1. The number of benzene rings is 2. The predicted octanol–water partition coefficient (Wildman–Crippen LogP) is 5.30. The molecule has 5 aromatic rings. The molecular formula is C26H25N6O4PS. The summed E-state index contributed by atoms with van der Waals surface area (Å²) in [6.45, 7) is 5.63. The number of anilines is 2. The Kier molecular flexibility index (Phi) is 6.52. The van der Waals surface area contributed by atoms with Gasteiger partial charge in [0.2, 0.25) is 0 Å². The van der Waals surface area contributed by atoms with E-state index in [1.807, 2.05) is 63.2 Å². The summed E-state index contributed by atoms with van der Waals surface area (Å²) in [6, 6.07) is 16.4. The van der Waals surface area contributed by atoms with E-state index in [0.29, 0.717) is 33.0 Å². The number of fused-ring (bicyclic) bond motifs is 1. The van der Waals surface area contributed by atoms with Crippen LogP contribution in [0.4, 0.5) is 11.6 Å². The predicted molar refractivity (Wildman–Crippen MR) is 149 cm³/mol. The van der Waals surface area contributed by atoms with Crippen molar-refractivity contribution in [3.8, 4) is 21.8 Å². The van der Waals surface area contributed by atoms with Crippen LogP contribution in [0.3, 0.4) is 0 Å². The van der Waals surface area contributed by atoms with E-state index in [9.17, 15) is 14.5 Å². The van der Waals surface area contributed by atoms with Crippen LogP contribution in [0.5, 0.6) is 0 Å². The molecule has 10 nitrogen and oxygen atoms in total. The number of hydrogen-bond acceptors (Lipinski definition) is 8. The van der Waals surface area contributed by atoms with Crippen molar-refractivity contribution in [3.05, 3.63) is 76.3 Å². The molecule has 2 aromatic carbocycles. The molecule has 1 unspecified atom stereocenters. The van der Waals surface area contributed by atoms with Gasteiger partial charge in [-0.1, -0.05) is 42.0 Å². The zero-order valence-electron chi connectivity index (χ0n) is 21.1. The second-order valence-corrected chi connectivity index (χ2v) is 12.0. The van der Waals surface area contributed by atoms with Crippen LogP contribution in [0, 0.1) is 20.8 Å². The van der Waals surface area contributed by atoms with Gasteiger partial charge < -0.3 is 15.4 Å². The molecule has 0 spiro atoms. The van der Waals surface area contributed by atoms with Gasteiger partial charge in [0.25, 0.3) is 0 Å². The standard InChI is InChI=1S/C26H25N6O4PS/c1-14-5-10-20(15(2)11-14)37(35,36-4)31-24-23(26(33)34)38-25(29-24)18-8-6-17(7-9-18)19-13-22-28-16(3)12-21(27)32(22)30-19/h5-13H,27H2,1-4H3,(H,31,35)(H,33,34). The van der Waals surface area contributed by atoms with Gasteiger partial charge in [-0.15, -0.1) is 11.3 Å². The summed E-state index contributed by atoms with van der Waals surface area (Å²) in [5, 5.41) is 18.1. The molecular weight excluding hydrogens is 523 g/mol. The number of nitrogen functional groups attached to an aromatic ring is 1. The van der Waals surface area contributed by atoms with Crippen molar-refractivity contribution < 1.29 is 19.0 Å². The smallest absolute Gasteiger partial charge is 0.349 e. The number of nitrogens with one attached hydrogen (secondary N) is 1. The molecule has 1 atom stereocenters. The summed E-state index contributed by atoms with van der Waals surface area (Å²) >= 11 is 0.987. The second kappa shape index (κ2) is 9.68. The summed E-state index contributed by atoms with van der Waals surface area (Å²) in [5.41, 5.74) is 11.5. The lowest BCUT2D eigenvalue weighted by Gasteiger charge is -2.20. The third-order valence-corrected chi connectivity index (χ3v) is 9.26. The number of rotatable bonds is 7. The zero-order chi connectivity index (χ0) is 27.2. The topological polar surface area (TPSA) is 145 Å². The van der Waals surface area contributed by atoms with Gasteiger partial charge in [0.15, 0.2) is 16.3 Å². The third kappa shape index (κ3) is 4.67. The number of hydrogen-bond donors (Lipinski definition) is 3. The number of aromatic nitrogens is 4. The molecule has 0 aliphatic heterocycles. The van der Waals surface area contributed by atoms with Gasteiger partial charge in [-0.2, -0.15) is 9.61 Å². The van der Waals surface area contributed by atoms with E-state index in [1.165, 1.54) is 7.11 Å². The van der Waals surface area contributed by atoms with Gasteiger partial charge in [0.05, 0.1) is 11.0 Å². The van der Waals surface area contributed by atoms with E-state index >= 15 is 0 Å². The zero-order valence-corrected chi connectivity index (χ0v) is 22.8. The molecule has 12 heteroatoms. The number of nitrogens with zero attached hydrogens (tertiary/aromatic N) is 4. The molecule has 194 valence electrons. The van der Waals surface area contributed by atoms with Crippen LogP contribution >= 0.6 is 18.9 Å². The van der Waals surface area contributed by atoms with Crippen molar-refractivity contribution in [2.24, 2.45) is 0 Å². The quantitative estimate of drug-likeness (QED) is 0.231. The number of carboxylic acids is 1. The lowest BCUT2D eigenvalue weighted by Crippen LogP contribution is -2.17. The van der Waals surface area contributed by atoms with Crippen LogP contribution < -0.4 is 16.1 Å². The normalized spacial score (nSPS) is 12.9. The Morgan fingerprint density at radius 3 is 2.42 bits per heavy atom. The average Bonchev–Trinajstić information content (AvgIpc) is 3.49. The van der Waals surface area contributed by atoms with E-state index in [-0.39, 0.29) is 10.7 Å². The fourth-order valence-corrected chi connectivity index (χ4v) is 6.79. The third-order valence-electron chi connectivity index (χ3n) is 6.01. The Hall–Kier alpha value is -4.05. The van der Waals surface area contributed by atoms with E-state index in [0.717, 1.165) is 33.7 Å². The minimum Gasteiger partial charge on any atom is -0.477 e. The molecule has 0 bridgehead atoms. The Morgan fingerprint density at radius 1 is 1.05 bits per heavy atom. The number of nitrogens with two attached hydrogens (primary N) is 1. The summed E-state index contributed by atoms with van der Waals surface area (Å²) in [7, 11) is -2.32. The van der Waals surface area contributed by atoms with Crippen LogP contribution in [-0.4, -0.2) is 37.8 Å². The van der Waals surface area contributed by atoms with Crippen LogP contribution in [0.25, 0.3) is 27.5 Å². The molecule has 4 N–H and O–H groups in total. The number of carbonyl (C=O) groups is 1. The molecule has 3 aromatic heterocycles. The second-order valence-electron chi connectivity index (χ2n) is 8.84. The molecule has 3 heterocycles. The Bertz CT molecular complexity index is 1750. The Labute approximate surface area is 222 Å². The Balaban J connectivity index is 1.48. The highest BCUT2D eigenvalue weighted by Crippen LogP contribution is 2.47.